The molecule has 186 valence electrons. The monoisotopic (exact) mass is 491 g/mol. The van der Waals surface area contributed by atoms with Crippen molar-refractivity contribution in [3.63, 3.8) is 0 Å². The molecule has 4 aliphatic carbocycles. The molecule has 2 aromatic heterocycles. The highest BCUT2D eigenvalue weighted by atomic mass is 16.2. The number of nitrogens with one attached hydrogen (secondary N) is 3. The van der Waals surface area contributed by atoms with E-state index >= 15 is 0 Å². The van der Waals surface area contributed by atoms with E-state index in [4.69, 9.17) is 0 Å². The second-order valence-electron chi connectivity index (χ2n) is 11.0. The summed E-state index contributed by atoms with van der Waals surface area (Å²) < 4.78 is 0. The fourth-order valence-electron chi connectivity index (χ4n) is 7.10. The summed E-state index contributed by atoms with van der Waals surface area (Å²) in [5.41, 5.74) is 4.30. The molecule has 4 aliphatic rings. The zero-order valence-corrected chi connectivity index (χ0v) is 20.5. The largest absolute Gasteiger partial charge is 0.349 e. The van der Waals surface area contributed by atoms with Crippen molar-refractivity contribution in [2.45, 2.75) is 38.1 Å². The molecule has 2 amide bonds. The van der Waals surface area contributed by atoms with Gasteiger partial charge in [-0.3, -0.25) is 14.6 Å². The van der Waals surface area contributed by atoms with Crippen molar-refractivity contribution in [2.24, 2.45) is 23.7 Å². The first-order chi connectivity index (χ1) is 18.1. The number of aromatic amines is 1. The van der Waals surface area contributed by atoms with E-state index in [2.05, 4.69) is 25.6 Å². The highest BCUT2D eigenvalue weighted by molar-refractivity contribution is 6.06. The molecule has 8 rings (SSSR count). The number of imidazole rings is 1. The Kier molecular flexibility index (Phi) is 5.30. The average molecular weight is 492 g/mol. The standard InChI is InChI=1S/C30H29N5O2/c36-29(35-27-22-11-17-10-18(13-22)14-23(27)12-17)20-5-3-19(4-6-20)28-33-25-8-7-21(15-26(25)34-28)30(37)32-24-2-1-9-31-16-24/h1-9,15-18,22-23,27H,10-14H2,(H,32,37)(H,33,34)(H,35,36). The molecule has 7 heteroatoms. The van der Waals surface area contributed by atoms with Crippen molar-refractivity contribution in [3.05, 3.63) is 78.1 Å². The number of pyridine rings is 1. The van der Waals surface area contributed by atoms with Crippen LogP contribution in [-0.4, -0.2) is 32.8 Å². The average Bonchev–Trinajstić information content (AvgIpc) is 3.34. The molecule has 0 spiro atoms. The normalized spacial score (nSPS) is 25.8. The Bertz CT molecular complexity index is 1450. The summed E-state index contributed by atoms with van der Waals surface area (Å²) in [5, 5.41) is 6.24. The molecule has 4 bridgehead atoms. The molecular weight excluding hydrogens is 462 g/mol. The van der Waals surface area contributed by atoms with Crippen LogP contribution in [0.2, 0.25) is 0 Å². The van der Waals surface area contributed by atoms with Crippen LogP contribution < -0.4 is 10.6 Å². The summed E-state index contributed by atoms with van der Waals surface area (Å²) in [4.78, 5) is 37.8. The number of carbonyl (C=O) groups excluding carboxylic acids is 2. The lowest BCUT2D eigenvalue weighted by Crippen LogP contribution is -2.55. The number of aromatic nitrogens is 3. The molecule has 4 fully saturated rings. The summed E-state index contributed by atoms with van der Waals surface area (Å²) in [5.74, 6) is 3.62. The van der Waals surface area contributed by atoms with Gasteiger partial charge in [-0.25, -0.2) is 4.98 Å². The van der Waals surface area contributed by atoms with E-state index < -0.39 is 0 Å². The highest BCUT2D eigenvalue weighted by Gasteiger charge is 2.48. The Morgan fingerprint density at radius 2 is 1.57 bits per heavy atom. The lowest BCUT2D eigenvalue weighted by molar-refractivity contribution is -0.0119. The third-order valence-corrected chi connectivity index (χ3v) is 8.61. The van der Waals surface area contributed by atoms with Gasteiger partial charge in [0.2, 0.25) is 0 Å². The number of benzene rings is 2. The summed E-state index contributed by atoms with van der Waals surface area (Å²) in [6, 6.07) is 16.9. The van der Waals surface area contributed by atoms with Crippen LogP contribution in [0.25, 0.3) is 22.4 Å². The Hall–Kier alpha value is -4.00. The van der Waals surface area contributed by atoms with Crippen LogP contribution >= 0.6 is 0 Å². The Morgan fingerprint density at radius 3 is 2.27 bits per heavy atom. The van der Waals surface area contributed by atoms with Gasteiger partial charge in [0.05, 0.1) is 22.9 Å². The molecule has 2 aromatic carbocycles. The summed E-state index contributed by atoms with van der Waals surface area (Å²) in [7, 11) is 0. The van der Waals surface area contributed by atoms with Crippen LogP contribution in [0.15, 0.2) is 67.0 Å². The van der Waals surface area contributed by atoms with E-state index in [-0.39, 0.29) is 11.8 Å². The van der Waals surface area contributed by atoms with Crippen LogP contribution in [-0.2, 0) is 0 Å². The molecule has 4 saturated carbocycles. The maximum Gasteiger partial charge on any atom is 0.255 e. The van der Waals surface area contributed by atoms with E-state index in [0.29, 0.717) is 40.5 Å². The van der Waals surface area contributed by atoms with E-state index in [0.717, 1.165) is 28.4 Å². The zero-order valence-electron chi connectivity index (χ0n) is 20.5. The number of H-pyrrole nitrogens is 1. The maximum absolute atomic E-state index is 13.1. The summed E-state index contributed by atoms with van der Waals surface area (Å²) in [6.45, 7) is 0. The quantitative estimate of drug-likeness (QED) is 0.346. The lowest BCUT2D eigenvalue weighted by Gasteiger charge is -2.54. The van der Waals surface area contributed by atoms with Crippen LogP contribution in [0, 0.1) is 23.7 Å². The van der Waals surface area contributed by atoms with Gasteiger partial charge in [-0.05, 0) is 98.2 Å². The first kappa shape index (κ1) is 22.2. The topological polar surface area (TPSA) is 99.8 Å². The van der Waals surface area contributed by atoms with Crippen LogP contribution in [0.3, 0.4) is 0 Å². The second kappa shape index (κ2) is 8.83. The fourth-order valence-corrected chi connectivity index (χ4v) is 7.10. The minimum atomic E-state index is -0.208. The van der Waals surface area contributed by atoms with Gasteiger partial charge in [0.25, 0.3) is 11.8 Å². The molecule has 4 aromatic rings. The number of hydrogen-bond acceptors (Lipinski definition) is 4. The van der Waals surface area contributed by atoms with Gasteiger partial charge in [0, 0.05) is 28.9 Å². The molecule has 3 N–H and O–H groups in total. The van der Waals surface area contributed by atoms with E-state index in [1.54, 1.807) is 36.7 Å². The third kappa shape index (κ3) is 4.18. The van der Waals surface area contributed by atoms with Crippen LogP contribution in [0.1, 0.15) is 52.8 Å². The lowest BCUT2D eigenvalue weighted by atomic mass is 9.54. The van der Waals surface area contributed by atoms with Gasteiger partial charge >= 0.3 is 0 Å². The molecule has 7 nitrogen and oxygen atoms in total. The highest BCUT2D eigenvalue weighted by Crippen LogP contribution is 2.53. The smallest absolute Gasteiger partial charge is 0.255 e. The molecule has 0 aliphatic heterocycles. The summed E-state index contributed by atoms with van der Waals surface area (Å²) >= 11 is 0. The number of hydrogen-bond donors (Lipinski definition) is 3. The first-order valence-electron chi connectivity index (χ1n) is 13.2. The number of anilines is 1. The van der Waals surface area contributed by atoms with Crippen LogP contribution in [0.5, 0.6) is 0 Å². The molecule has 0 saturated heterocycles. The van der Waals surface area contributed by atoms with E-state index in [9.17, 15) is 9.59 Å². The van der Waals surface area contributed by atoms with E-state index in [1.807, 2.05) is 30.3 Å². The van der Waals surface area contributed by atoms with Gasteiger partial charge in [0.15, 0.2) is 0 Å². The zero-order chi connectivity index (χ0) is 24.9. The number of rotatable bonds is 5. The van der Waals surface area contributed by atoms with Crippen molar-refractivity contribution in [2.75, 3.05) is 5.32 Å². The van der Waals surface area contributed by atoms with Crippen LogP contribution in [0.4, 0.5) is 5.69 Å². The molecule has 2 heterocycles. The SMILES string of the molecule is O=C(Nc1cccnc1)c1ccc2nc(-c3ccc(C(=O)NC4C5CC6CC(C5)CC4C6)cc3)[nH]c2c1. The van der Waals surface area contributed by atoms with Crippen molar-refractivity contribution >= 4 is 28.5 Å². The van der Waals surface area contributed by atoms with Crippen molar-refractivity contribution in [1.29, 1.82) is 0 Å². The first-order valence-corrected chi connectivity index (χ1v) is 13.2. The molecule has 0 unspecified atom stereocenters. The van der Waals surface area contributed by atoms with Gasteiger partial charge in [-0.15, -0.1) is 0 Å². The van der Waals surface area contributed by atoms with Gasteiger partial charge < -0.3 is 15.6 Å². The van der Waals surface area contributed by atoms with Crippen molar-refractivity contribution < 1.29 is 9.59 Å². The van der Waals surface area contributed by atoms with Crippen molar-refractivity contribution in [1.82, 2.24) is 20.3 Å². The number of amides is 2. The number of fused-ring (bicyclic) bond motifs is 1. The molecular formula is C30H29N5O2. The van der Waals surface area contributed by atoms with Crippen molar-refractivity contribution in [3.8, 4) is 11.4 Å². The fraction of sp³-hybridized carbons (Fsp3) is 0.333. The van der Waals surface area contributed by atoms with Gasteiger partial charge in [-0.2, -0.15) is 0 Å². The minimum Gasteiger partial charge on any atom is -0.349 e. The predicted molar refractivity (Wildman–Crippen MR) is 142 cm³/mol. The summed E-state index contributed by atoms with van der Waals surface area (Å²) in [6.07, 6.45) is 9.83. The van der Waals surface area contributed by atoms with Gasteiger partial charge in [0.1, 0.15) is 5.82 Å². The Balaban J connectivity index is 1.05. The van der Waals surface area contributed by atoms with E-state index in [1.165, 1.54) is 32.1 Å². The molecule has 37 heavy (non-hydrogen) atoms. The van der Waals surface area contributed by atoms with Gasteiger partial charge in [-0.1, -0.05) is 12.1 Å². The maximum atomic E-state index is 13.1. The Labute approximate surface area is 215 Å². The Morgan fingerprint density at radius 1 is 0.838 bits per heavy atom. The third-order valence-electron chi connectivity index (χ3n) is 8.61. The molecule has 0 atom stereocenters. The molecule has 0 radical (unpaired) electrons. The minimum absolute atomic E-state index is 0.0258. The second-order valence-corrected chi connectivity index (χ2v) is 11.0. The predicted octanol–water partition coefficient (Wildman–Crippen LogP) is 5.43. The number of carbonyl (C=O) groups is 2. The number of nitrogens with zero attached hydrogens (tertiary/aromatic N) is 2.